The van der Waals surface area contributed by atoms with Gasteiger partial charge >= 0.3 is 0 Å². The molecule has 2 aromatic carbocycles. The number of hydrogen-bond donors (Lipinski definition) is 1. The first-order chi connectivity index (χ1) is 12.3. The number of para-hydroxylation sites is 1. The molecular formula is C20H17N3O2. The van der Waals surface area contributed by atoms with Gasteiger partial charge in [-0.3, -0.25) is 4.79 Å². The van der Waals surface area contributed by atoms with Crippen LogP contribution in [0.25, 0.3) is 16.6 Å². The summed E-state index contributed by atoms with van der Waals surface area (Å²) in [5.41, 5.74) is 2.69. The fraction of sp³-hybridized carbons (Fsp3) is 0.100. The zero-order valence-corrected chi connectivity index (χ0v) is 13.6. The van der Waals surface area contributed by atoms with Crippen molar-refractivity contribution in [2.75, 3.05) is 5.32 Å². The van der Waals surface area contributed by atoms with E-state index < -0.39 is 0 Å². The number of hydrogen-bond acceptors (Lipinski definition) is 3. The minimum absolute atomic E-state index is 0.0427. The van der Waals surface area contributed by atoms with Gasteiger partial charge in [0.2, 0.25) is 5.91 Å². The first kappa shape index (κ1) is 15.2. The standard InChI is InChI=1S/C20H17N3O2/c24-20(11-10-18-8-4-12-25-18)22-16-6-3-7-17(13-16)23-19-9-2-1-5-15(19)14-21-23/h1-9,12-14H,10-11H2,(H,22,24). The van der Waals surface area contributed by atoms with E-state index in [1.54, 1.807) is 6.26 Å². The second-order valence-corrected chi connectivity index (χ2v) is 5.79. The molecule has 1 N–H and O–H groups in total. The Morgan fingerprint density at radius 2 is 2.00 bits per heavy atom. The first-order valence-electron chi connectivity index (χ1n) is 8.15. The Balaban J connectivity index is 1.50. The maximum absolute atomic E-state index is 12.1. The van der Waals surface area contributed by atoms with Gasteiger partial charge < -0.3 is 9.73 Å². The summed E-state index contributed by atoms with van der Waals surface area (Å²) in [5, 5.41) is 8.46. The molecule has 2 aromatic heterocycles. The maximum atomic E-state index is 12.1. The van der Waals surface area contributed by atoms with Crippen molar-refractivity contribution >= 4 is 22.5 Å². The lowest BCUT2D eigenvalue weighted by Gasteiger charge is -2.08. The Morgan fingerprint density at radius 3 is 2.88 bits per heavy atom. The van der Waals surface area contributed by atoms with Gasteiger partial charge in [-0.2, -0.15) is 5.10 Å². The van der Waals surface area contributed by atoms with Crippen LogP contribution < -0.4 is 5.32 Å². The van der Waals surface area contributed by atoms with E-state index in [0.717, 1.165) is 28.0 Å². The van der Waals surface area contributed by atoms with Gasteiger partial charge in [0.15, 0.2) is 0 Å². The third-order valence-electron chi connectivity index (χ3n) is 4.03. The van der Waals surface area contributed by atoms with Crippen molar-refractivity contribution in [2.24, 2.45) is 0 Å². The number of benzene rings is 2. The van der Waals surface area contributed by atoms with Crippen LogP contribution in [0.5, 0.6) is 0 Å². The molecule has 124 valence electrons. The SMILES string of the molecule is O=C(CCc1ccco1)Nc1cccc(-n2ncc3ccccc32)c1. The van der Waals surface area contributed by atoms with Crippen LogP contribution in [0.1, 0.15) is 12.2 Å². The lowest BCUT2D eigenvalue weighted by molar-refractivity contribution is -0.116. The molecule has 2 heterocycles. The Morgan fingerprint density at radius 1 is 1.08 bits per heavy atom. The first-order valence-corrected chi connectivity index (χ1v) is 8.15. The molecule has 0 saturated heterocycles. The van der Waals surface area contributed by atoms with E-state index in [1.807, 2.05) is 71.5 Å². The average Bonchev–Trinajstić information content (AvgIpc) is 3.30. The fourth-order valence-corrected chi connectivity index (χ4v) is 2.81. The number of anilines is 1. The lowest BCUT2D eigenvalue weighted by Crippen LogP contribution is -2.12. The largest absolute Gasteiger partial charge is 0.469 e. The van der Waals surface area contributed by atoms with Gasteiger partial charge in [-0.05, 0) is 36.4 Å². The topological polar surface area (TPSA) is 60.1 Å². The van der Waals surface area contributed by atoms with E-state index in [0.29, 0.717) is 12.8 Å². The van der Waals surface area contributed by atoms with Gasteiger partial charge in [0.25, 0.3) is 0 Å². The highest BCUT2D eigenvalue weighted by Gasteiger charge is 2.08. The summed E-state index contributed by atoms with van der Waals surface area (Å²) in [6.07, 6.45) is 4.42. The van der Waals surface area contributed by atoms with Crippen LogP contribution >= 0.6 is 0 Å². The zero-order chi connectivity index (χ0) is 17.1. The van der Waals surface area contributed by atoms with Crippen LogP contribution in [0.3, 0.4) is 0 Å². The van der Waals surface area contributed by atoms with Gasteiger partial charge in [0.1, 0.15) is 5.76 Å². The quantitative estimate of drug-likeness (QED) is 0.596. The number of furan rings is 1. The minimum Gasteiger partial charge on any atom is -0.469 e. The molecule has 0 spiro atoms. The molecule has 0 radical (unpaired) electrons. The molecule has 0 atom stereocenters. The van der Waals surface area contributed by atoms with Crippen LogP contribution in [-0.4, -0.2) is 15.7 Å². The molecule has 0 aliphatic rings. The molecule has 4 rings (SSSR count). The van der Waals surface area contributed by atoms with E-state index in [4.69, 9.17) is 4.42 Å². The van der Waals surface area contributed by atoms with Gasteiger partial charge in [-0.1, -0.05) is 24.3 Å². The summed E-state index contributed by atoms with van der Waals surface area (Å²) in [6.45, 7) is 0. The van der Waals surface area contributed by atoms with Crippen LogP contribution in [0.15, 0.2) is 77.5 Å². The van der Waals surface area contributed by atoms with E-state index in [9.17, 15) is 4.79 Å². The van der Waals surface area contributed by atoms with E-state index in [2.05, 4.69) is 10.4 Å². The number of rotatable bonds is 5. The Kier molecular flexibility index (Phi) is 4.04. The molecular weight excluding hydrogens is 314 g/mol. The van der Waals surface area contributed by atoms with Crippen molar-refractivity contribution in [1.82, 2.24) is 9.78 Å². The number of carbonyl (C=O) groups is 1. The van der Waals surface area contributed by atoms with Crippen molar-refractivity contribution in [1.29, 1.82) is 0 Å². The summed E-state index contributed by atoms with van der Waals surface area (Å²) >= 11 is 0. The summed E-state index contributed by atoms with van der Waals surface area (Å²) in [6, 6.07) is 19.4. The van der Waals surface area contributed by atoms with Crippen LogP contribution in [0, 0.1) is 0 Å². The Hall–Kier alpha value is -3.34. The number of nitrogens with zero attached hydrogens (tertiary/aromatic N) is 2. The molecule has 5 heteroatoms. The number of nitrogens with one attached hydrogen (secondary N) is 1. The molecule has 0 fully saturated rings. The molecule has 1 amide bonds. The molecule has 0 unspecified atom stereocenters. The Labute approximate surface area is 144 Å². The molecule has 0 aliphatic carbocycles. The highest BCUT2D eigenvalue weighted by Crippen LogP contribution is 2.20. The summed E-state index contributed by atoms with van der Waals surface area (Å²) in [4.78, 5) is 12.1. The normalized spacial score (nSPS) is 10.9. The van der Waals surface area contributed by atoms with Crippen LogP contribution in [-0.2, 0) is 11.2 Å². The van der Waals surface area contributed by atoms with Crippen molar-refractivity contribution in [2.45, 2.75) is 12.8 Å². The molecule has 4 aromatic rings. The molecule has 0 bridgehead atoms. The van der Waals surface area contributed by atoms with Crippen molar-refractivity contribution < 1.29 is 9.21 Å². The Bertz CT molecular complexity index is 1000. The highest BCUT2D eigenvalue weighted by molar-refractivity contribution is 5.91. The zero-order valence-electron chi connectivity index (χ0n) is 13.6. The van der Waals surface area contributed by atoms with E-state index in [-0.39, 0.29) is 5.91 Å². The van der Waals surface area contributed by atoms with Crippen LogP contribution in [0.4, 0.5) is 5.69 Å². The third-order valence-corrected chi connectivity index (χ3v) is 4.03. The second kappa shape index (κ2) is 6.65. The molecule has 25 heavy (non-hydrogen) atoms. The molecule has 5 nitrogen and oxygen atoms in total. The van der Waals surface area contributed by atoms with Crippen molar-refractivity contribution in [3.05, 3.63) is 78.9 Å². The van der Waals surface area contributed by atoms with E-state index in [1.165, 1.54) is 0 Å². The number of aryl methyl sites for hydroxylation is 1. The predicted octanol–water partition coefficient (Wildman–Crippen LogP) is 4.19. The minimum atomic E-state index is -0.0427. The predicted molar refractivity (Wildman–Crippen MR) is 96.7 cm³/mol. The van der Waals surface area contributed by atoms with Gasteiger partial charge in [-0.25, -0.2) is 4.68 Å². The van der Waals surface area contributed by atoms with Crippen molar-refractivity contribution in [3.63, 3.8) is 0 Å². The molecule has 0 aliphatic heterocycles. The number of aromatic nitrogens is 2. The van der Waals surface area contributed by atoms with Crippen LogP contribution in [0.2, 0.25) is 0 Å². The monoisotopic (exact) mass is 331 g/mol. The number of carbonyl (C=O) groups excluding carboxylic acids is 1. The van der Waals surface area contributed by atoms with E-state index >= 15 is 0 Å². The summed E-state index contributed by atoms with van der Waals surface area (Å²) in [7, 11) is 0. The fourth-order valence-electron chi connectivity index (χ4n) is 2.81. The highest BCUT2D eigenvalue weighted by atomic mass is 16.3. The molecule has 0 saturated carbocycles. The smallest absolute Gasteiger partial charge is 0.224 e. The summed E-state index contributed by atoms with van der Waals surface area (Å²) in [5.74, 6) is 0.769. The van der Waals surface area contributed by atoms with Gasteiger partial charge in [0.05, 0.1) is 23.7 Å². The van der Waals surface area contributed by atoms with Gasteiger partial charge in [-0.15, -0.1) is 0 Å². The van der Waals surface area contributed by atoms with Crippen molar-refractivity contribution in [3.8, 4) is 5.69 Å². The maximum Gasteiger partial charge on any atom is 0.224 e. The number of fused-ring (bicyclic) bond motifs is 1. The average molecular weight is 331 g/mol. The second-order valence-electron chi connectivity index (χ2n) is 5.79. The summed E-state index contributed by atoms with van der Waals surface area (Å²) < 4.78 is 7.12. The van der Waals surface area contributed by atoms with Gasteiger partial charge in [0, 0.05) is 23.9 Å². The lowest BCUT2D eigenvalue weighted by atomic mass is 10.2. The number of amides is 1. The third kappa shape index (κ3) is 3.30.